The van der Waals surface area contributed by atoms with Crippen LogP contribution in [0.4, 0.5) is 0 Å². The summed E-state index contributed by atoms with van der Waals surface area (Å²) in [4.78, 5) is 23.6. The highest BCUT2D eigenvalue weighted by molar-refractivity contribution is 6.30. The van der Waals surface area contributed by atoms with Crippen molar-refractivity contribution in [3.05, 3.63) is 69.1 Å². The van der Waals surface area contributed by atoms with Gasteiger partial charge in [-0.1, -0.05) is 29.5 Å². The molecule has 0 aliphatic carbocycles. The van der Waals surface area contributed by atoms with Gasteiger partial charge in [0.25, 0.3) is 11.5 Å². The predicted octanol–water partition coefficient (Wildman–Crippen LogP) is 1.82. The van der Waals surface area contributed by atoms with Gasteiger partial charge in [0.2, 0.25) is 0 Å². The third-order valence-electron chi connectivity index (χ3n) is 2.76. The summed E-state index contributed by atoms with van der Waals surface area (Å²) in [6.07, 6.45) is 1.60. The van der Waals surface area contributed by atoms with E-state index in [1.54, 1.807) is 37.5 Å². The number of carbonyl (C=O) groups is 1. The summed E-state index contributed by atoms with van der Waals surface area (Å²) in [6, 6.07) is 10.3. The fourth-order valence-corrected chi connectivity index (χ4v) is 1.89. The molecule has 2 rings (SSSR count). The number of carbonyl (C=O) groups excluding carboxylic acids is 1. The first-order valence-corrected chi connectivity index (χ1v) is 6.64. The molecule has 0 unspecified atom stereocenters. The van der Waals surface area contributed by atoms with Gasteiger partial charge in [-0.15, -0.1) is 0 Å². The van der Waals surface area contributed by atoms with Gasteiger partial charge in [0.1, 0.15) is 5.56 Å². The van der Waals surface area contributed by atoms with E-state index in [4.69, 9.17) is 11.6 Å². The van der Waals surface area contributed by atoms with Crippen LogP contribution in [0.15, 0.2) is 47.4 Å². The van der Waals surface area contributed by atoms with E-state index in [0.29, 0.717) is 5.02 Å². The zero-order chi connectivity index (χ0) is 15.2. The van der Waals surface area contributed by atoms with Crippen LogP contribution in [-0.4, -0.2) is 17.0 Å². The average Bonchev–Trinajstić information content (AvgIpc) is 2.46. The molecule has 1 aromatic heterocycles. The van der Waals surface area contributed by atoms with Gasteiger partial charge in [-0.2, -0.15) is 0 Å². The smallest absolute Gasteiger partial charge is 0.263 e. The second kappa shape index (κ2) is 6.78. The number of hydrogen-bond donors (Lipinski definition) is 1. The molecule has 0 fully saturated rings. The van der Waals surface area contributed by atoms with Crippen molar-refractivity contribution in [2.24, 2.45) is 7.05 Å². The molecule has 1 N–H and O–H groups in total. The lowest BCUT2D eigenvalue weighted by molar-refractivity contribution is 0.0956. The number of pyridine rings is 1. The first-order chi connectivity index (χ1) is 10.1. The van der Waals surface area contributed by atoms with Gasteiger partial charge < -0.3 is 9.88 Å². The van der Waals surface area contributed by atoms with Crippen LogP contribution in [0.5, 0.6) is 0 Å². The molecular formula is C16H13ClN2O2. The molecule has 1 amide bonds. The maximum atomic E-state index is 11.9. The fourth-order valence-electron chi connectivity index (χ4n) is 1.70. The number of hydrogen-bond acceptors (Lipinski definition) is 2. The van der Waals surface area contributed by atoms with Crippen LogP contribution in [-0.2, 0) is 7.05 Å². The molecule has 0 saturated heterocycles. The summed E-state index contributed by atoms with van der Waals surface area (Å²) in [5, 5.41) is 3.20. The van der Waals surface area contributed by atoms with Crippen molar-refractivity contribution in [2.45, 2.75) is 0 Å². The van der Waals surface area contributed by atoms with Crippen molar-refractivity contribution in [3.8, 4) is 11.8 Å². The Morgan fingerprint density at radius 1 is 1.33 bits per heavy atom. The molecule has 1 aromatic carbocycles. The lowest BCUT2D eigenvalue weighted by Crippen LogP contribution is -2.32. The van der Waals surface area contributed by atoms with Crippen LogP contribution < -0.4 is 10.9 Å². The molecule has 0 bridgehead atoms. The van der Waals surface area contributed by atoms with Crippen molar-refractivity contribution in [3.63, 3.8) is 0 Å². The highest BCUT2D eigenvalue weighted by Crippen LogP contribution is 2.09. The number of nitrogens with one attached hydrogen (secondary N) is 1. The predicted molar refractivity (Wildman–Crippen MR) is 82.3 cm³/mol. The Kier molecular flexibility index (Phi) is 4.81. The van der Waals surface area contributed by atoms with Gasteiger partial charge >= 0.3 is 0 Å². The first kappa shape index (κ1) is 14.9. The minimum atomic E-state index is -0.434. The molecule has 5 heteroatoms. The number of nitrogens with zero attached hydrogens (tertiary/aromatic N) is 1. The van der Waals surface area contributed by atoms with E-state index >= 15 is 0 Å². The number of benzene rings is 1. The van der Waals surface area contributed by atoms with Crippen LogP contribution in [0.25, 0.3) is 0 Å². The summed E-state index contributed by atoms with van der Waals surface area (Å²) in [6.45, 7) is 0.156. The Morgan fingerprint density at radius 2 is 2.14 bits per heavy atom. The van der Waals surface area contributed by atoms with Crippen molar-refractivity contribution in [2.75, 3.05) is 6.54 Å². The van der Waals surface area contributed by atoms with Gasteiger partial charge in [-0.3, -0.25) is 9.59 Å². The second-order valence-corrected chi connectivity index (χ2v) is 4.77. The molecule has 0 saturated carbocycles. The molecule has 2 aromatic rings. The van der Waals surface area contributed by atoms with E-state index in [1.165, 1.54) is 10.6 Å². The summed E-state index contributed by atoms with van der Waals surface area (Å²) in [7, 11) is 1.60. The molecule has 4 nitrogen and oxygen atoms in total. The highest BCUT2D eigenvalue weighted by atomic mass is 35.5. The molecule has 106 valence electrons. The monoisotopic (exact) mass is 300 g/mol. The molecule has 0 radical (unpaired) electrons. The van der Waals surface area contributed by atoms with Crippen LogP contribution in [0.3, 0.4) is 0 Å². The maximum absolute atomic E-state index is 11.9. The second-order valence-electron chi connectivity index (χ2n) is 4.33. The van der Waals surface area contributed by atoms with Crippen molar-refractivity contribution < 1.29 is 4.79 Å². The number of amides is 1. The summed E-state index contributed by atoms with van der Waals surface area (Å²) >= 11 is 5.85. The minimum absolute atomic E-state index is 0.101. The average molecular weight is 301 g/mol. The van der Waals surface area contributed by atoms with Gasteiger partial charge in [-0.25, -0.2) is 0 Å². The fraction of sp³-hybridized carbons (Fsp3) is 0.125. The van der Waals surface area contributed by atoms with E-state index in [0.717, 1.165) is 5.56 Å². The third-order valence-corrected chi connectivity index (χ3v) is 3.00. The van der Waals surface area contributed by atoms with Crippen molar-refractivity contribution >= 4 is 17.5 Å². The molecule has 0 spiro atoms. The standard InChI is InChI=1S/C16H13ClN2O2/c1-19-10-4-8-14(16(19)21)15(20)18-9-3-6-12-5-2-7-13(17)11-12/h2,4-5,7-8,10-11H,9H2,1H3,(H,18,20). The van der Waals surface area contributed by atoms with Gasteiger partial charge in [-0.05, 0) is 30.3 Å². The number of rotatable bonds is 2. The summed E-state index contributed by atoms with van der Waals surface area (Å²) in [5.41, 5.74) is 0.537. The molecule has 0 aliphatic heterocycles. The van der Waals surface area contributed by atoms with Crippen LogP contribution in [0.2, 0.25) is 5.02 Å². The maximum Gasteiger partial charge on any atom is 0.263 e. The van der Waals surface area contributed by atoms with E-state index in [9.17, 15) is 9.59 Å². The van der Waals surface area contributed by atoms with E-state index in [-0.39, 0.29) is 17.7 Å². The van der Waals surface area contributed by atoms with Crippen LogP contribution in [0.1, 0.15) is 15.9 Å². The lowest BCUT2D eigenvalue weighted by Gasteiger charge is -2.02. The van der Waals surface area contributed by atoms with Crippen LogP contribution >= 0.6 is 11.6 Å². The summed E-state index contributed by atoms with van der Waals surface area (Å²) < 4.78 is 1.35. The van der Waals surface area contributed by atoms with E-state index < -0.39 is 5.91 Å². The zero-order valence-corrected chi connectivity index (χ0v) is 12.1. The number of aromatic nitrogens is 1. The topological polar surface area (TPSA) is 51.1 Å². The Morgan fingerprint density at radius 3 is 2.90 bits per heavy atom. The van der Waals surface area contributed by atoms with Gasteiger partial charge in [0, 0.05) is 23.8 Å². The zero-order valence-electron chi connectivity index (χ0n) is 11.4. The minimum Gasteiger partial charge on any atom is -0.341 e. The molecule has 21 heavy (non-hydrogen) atoms. The Hall–Kier alpha value is -2.51. The number of halogens is 1. The molecule has 1 heterocycles. The highest BCUT2D eigenvalue weighted by Gasteiger charge is 2.09. The molecule has 0 atom stereocenters. The quantitative estimate of drug-likeness (QED) is 0.860. The van der Waals surface area contributed by atoms with Crippen molar-refractivity contribution in [1.82, 2.24) is 9.88 Å². The van der Waals surface area contributed by atoms with Crippen LogP contribution in [0, 0.1) is 11.8 Å². The lowest BCUT2D eigenvalue weighted by atomic mass is 10.2. The Bertz CT molecular complexity index is 785. The third kappa shape index (κ3) is 3.98. The van der Waals surface area contributed by atoms with Crippen molar-refractivity contribution in [1.29, 1.82) is 0 Å². The SMILES string of the molecule is Cn1cccc(C(=O)NCC#Cc2cccc(Cl)c2)c1=O. The molecular weight excluding hydrogens is 288 g/mol. The Labute approximate surface area is 127 Å². The summed E-state index contributed by atoms with van der Waals surface area (Å²) in [5.74, 6) is 5.27. The van der Waals surface area contributed by atoms with E-state index in [1.807, 2.05) is 6.07 Å². The number of aryl methyl sites for hydroxylation is 1. The Balaban J connectivity index is 2.00. The van der Waals surface area contributed by atoms with E-state index in [2.05, 4.69) is 17.2 Å². The largest absolute Gasteiger partial charge is 0.341 e. The van der Waals surface area contributed by atoms with Gasteiger partial charge in [0.05, 0.1) is 6.54 Å². The first-order valence-electron chi connectivity index (χ1n) is 6.26. The molecule has 0 aliphatic rings. The van der Waals surface area contributed by atoms with Gasteiger partial charge in [0.15, 0.2) is 0 Å². The normalized spacial score (nSPS) is 9.62.